The van der Waals surface area contributed by atoms with E-state index in [1.807, 2.05) is 6.92 Å². The van der Waals surface area contributed by atoms with Crippen LogP contribution in [-0.2, 0) is 5.41 Å². The van der Waals surface area contributed by atoms with Gasteiger partial charge in [0.25, 0.3) is 0 Å². The summed E-state index contributed by atoms with van der Waals surface area (Å²) in [5, 5.41) is 7.79. The van der Waals surface area contributed by atoms with E-state index in [4.69, 9.17) is 4.52 Å². The molecule has 4 heteroatoms. The van der Waals surface area contributed by atoms with E-state index in [0.717, 1.165) is 12.4 Å². The monoisotopic (exact) mass is 269 g/mol. The number of aromatic nitrogens is 2. The van der Waals surface area contributed by atoms with Crippen LogP contribution in [0.15, 0.2) is 34.9 Å². The van der Waals surface area contributed by atoms with Crippen molar-refractivity contribution in [2.24, 2.45) is 0 Å². The van der Waals surface area contributed by atoms with Crippen LogP contribution in [0.3, 0.4) is 0 Å². The minimum absolute atomic E-state index is 0.140. The largest absolute Gasteiger partial charge is 0.340 e. The van der Waals surface area contributed by atoms with Gasteiger partial charge in [0.05, 0.1) is 0 Å². The molecule has 2 aliphatic rings. The topological polar surface area (TPSA) is 51.0 Å². The maximum Gasteiger partial charge on any atom is 0.223 e. The molecule has 1 aromatic heterocycles. The van der Waals surface area contributed by atoms with Crippen molar-refractivity contribution in [3.05, 3.63) is 47.6 Å². The molecule has 0 saturated heterocycles. The number of nitrogens with one attached hydrogen (secondary N) is 1. The van der Waals surface area contributed by atoms with Crippen LogP contribution in [-0.4, -0.2) is 22.7 Å². The molecule has 0 radical (unpaired) electrons. The molecule has 4 nitrogen and oxygen atoms in total. The lowest BCUT2D eigenvalue weighted by Gasteiger charge is -2.11. The van der Waals surface area contributed by atoms with E-state index in [0.29, 0.717) is 17.9 Å². The molecule has 2 aromatic rings. The second kappa shape index (κ2) is 4.42. The highest BCUT2D eigenvalue weighted by atomic mass is 16.5. The minimum atomic E-state index is 0.140. The third-order valence-electron chi connectivity index (χ3n) is 4.58. The molecule has 4 rings (SSSR count). The van der Waals surface area contributed by atoms with Gasteiger partial charge in [0.15, 0.2) is 5.82 Å². The molecule has 0 amide bonds. The highest BCUT2D eigenvalue weighted by Gasteiger charge is 2.50. The van der Waals surface area contributed by atoms with Crippen molar-refractivity contribution in [1.29, 1.82) is 0 Å². The lowest BCUT2D eigenvalue weighted by molar-refractivity contribution is 0.379. The third kappa shape index (κ3) is 2.14. The molecule has 104 valence electrons. The van der Waals surface area contributed by atoms with Gasteiger partial charge in [-0.25, -0.2) is 0 Å². The summed E-state index contributed by atoms with van der Waals surface area (Å²) < 4.78 is 5.11. The Balaban J connectivity index is 1.36. The van der Waals surface area contributed by atoms with Crippen molar-refractivity contribution in [1.82, 2.24) is 15.5 Å². The second-order valence-electron chi connectivity index (χ2n) is 6.16. The summed E-state index contributed by atoms with van der Waals surface area (Å²) in [4.78, 5) is 4.40. The first-order valence-corrected chi connectivity index (χ1v) is 7.36. The molecule has 1 N–H and O–H groups in total. The van der Waals surface area contributed by atoms with Crippen LogP contribution in [0.5, 0.6) is 0 Å². The fourth-order valence-electron chi connectivity index (χ4n) is 2.96. The van der Waals surface area contributed by atoms with Gasteiger partial charge >= 0.3 is 0 Å². The number of rotatable bonds is 5. The first-order valence-electron chi connectivity index (χ1n) is 7.36. The molecular formula is C16H19N3O. The zero-order valence-electron chi connectivity index (χ0n) is 11.7. The average Bonchev–Trinajstić information content (AvgIpc) is 3.38. The van der Waals surface area contributed by atoms with E-state index in [-0.39, 0.29) is 5.41 Å². The van der Waals surface area contributed by atoms with Gasteiger partial charge in [-0.1, -0.05) is 35.5 Å². The Kier molecular flexibility index (Phi) is 2.67. The maximum atomic E-state index is 5.11. The predicted molar refractivity (Wildman–Crippen MR) is 75.5 cm³/mol. The van der Waals surface area contributed by atoms with Crippen LogP contribution >= 0.6 is 0 Å². The van der Waals surface area contributed by atoms with Gasteiger partial charge in [0.1, 0.15) is 0 Å². The number of nitrogens with zero attached hydrogens (tertiary/aromatic N) is 2. The number of hydrogen-bond donors (Lipinski definition) is 1. The molecule has 1 aromatic carbocycles. The van der Waals surface area contributed by atoms with E-state index in [9.17, 15) is 0 Å². The molecule has 2 atom stereocenters. The molecule has 0 spiro atoms. The SMILES string of the molecule is Cc1nc(C2(CN[C@@H]3CC3c3ccccc3)CC2)no1. The van der Waals surface area contributed by atoms with Crippen LogP contribution < -0.4 is 5.32 Å². The van der Waals surface area contributed by atoms with Crippen molar-refractivity contribution >= 4 is 0 Å². The van der Waals surface area contributed by atoms with Crippen LogP contribution in [0.1, 0.15) is 42.5 Å². The van der Waals surface area contributed by atoms with Crippen molar-refractivity contribution in [3.63, 3.8) is 0 Å². The molecule has 2 aliphatic carbocycles. The summed E-state index contributed by atoms with van der Waals surface area (Å²) in [5.41, 5.74) is 1.59. The summed E-state index contributed by atoms with van der Waals surface area (Å²) in [6, 6.07) is 11.4. The lowest BCUT2D eigenvalue weighted by Crippen LogP contribution is -2.30. The summed E-state index contributed by atoms with van der Waals surface area (Å²) in [7, 11) is 0. The summed E-state index contributed by atoms with van der Waals surface area (Å²) in [6.07, 6.45) is 3.58. The molecule has 0 aliphatic heterocycles. The Morgan fingerprint density at radius 1 is 1.30 bits per heavy atom. The van der Waals surface area contributed by atoms with Gasteiger partial charge < -0.3 is 9.84 Å². The molecule has 20 heavy (non-hydrogen) atoms. The highest BCUT2D eigenvalue weighted by Crippen LogP contribution is 2.48. The summed E-state index contributed by atoms with van der Waals surface area (Å²) in [6.45, 7) is 2.83. The van der Waals surface area contributed by atoms with Crippen molar-refractivity contribution in [2.75, 3.05) is 6.54 Å². The first-order chi connectivity index (χ1) is 9.77. The van der Waals surface area contributed by atoms with Crippen LogP contribution in [0.25, 0.3) is 0 Å². The minimum Gasteiger partial charge on any atom is -0.340 e. The van der Waals surface area contributed by atoms with Gasteiger partial charge in [-0.15, -0.1) is 0 Å². The second-order valence-corrected chi connectivity index (χ2v) is 6.16. The Morgan fingerprint density at radius 2 is 2.10 bits per heavy atom. The standard InChI is InChI=1S/C16H19N3O/c1-11-18-15(19-20-11)16(7-8-16)10-17-14-9-13(14)12-5-3-2-4-6-12/h2-6,13-14,17H,7-10H2,1H3/t13?,14-/m1/s1. The zero-order valence-corrected chi connectivity index (χ0v) is 11.7. The lowest BCUT2D eigenvalue weighted by atomic mass is 10.1. The third-order valence-corrected chi connectivity index (χ3v) is 4.58. The fourth-order valence-corrected chi connectivity index (χ4v) is 2.96. The van der Waals surface area contributed by atoms with Gasteiger partial charge in [-0.2, -0.15) is 4.98 Å². The molecular weight excluding hydrogens is 250 g/mol. The summed E-state index contributed by atoms with van der Waals surface area (Å²) >= 11 is 0. The van der Waals surface area contributed by atoms with Crippen LogP contribution in [0.2, 0.25) is 0 Å². The molecule has 1 heterocycles. The van der Waals surface area contributed by atoms with Gasteiger partial charge in [0.2, 0.25) is 5.89 Å². The normalized spacial score (nSPS) is 26.4. The van der Waals surface area contributed by atoms with Crippen molar-refractivity contribution in [3.8, 4) is 0 Å². The van der Waals surface area contributed by atoms with Crippen LogP contribution in [0, 0.1) is 6.92 Å². The van der Waals surface area contributed by atoms with E-state index < -0.39 is 0 Å². The Morgan fingerprint density at radius 3 is 2.75 bits per heavy atom. The van der Waals surface area contributed by atoms with E-state index in [1.165, 1.54) is 24.8 Å². The van der Waals surface area contributed by atoms with Gasteiger partial charge in [-0.3, -0.25) is 0 Å². The van der Waals surface area contributed by atoms with Gasteiger partial charge in [0, 0.05) is 30.8 Å². The fraction of sp³-hybridized carbons (Fsp3) is 0.500. The van der Waals surface area contributed by atoms with E-state index in [1.54, 1.807) is 0 Å². The molecule has 2 saturated carbocycles. The maximum absolute atomic E-state index is 5.11. The highest BCUT2D eigenvalue weighted by molar-refractivity contribution is 5.28. The van der Waals surface area contributed by atoms with E-state index >= 15 is 0 Å². The smallest absolute Gasteiger partial charge is 0.223 e. The van der Waals surface area contributed by atoms with Crippen molar-refractivity contribution < 1.29 is 4.52 Å². The average molecular weight is 269 g/mol. The van der Waals surface area contributed by atoms with Crippen LogP contribution in [0.4, 0.5) is 0 Å². The Labute approximate surface area is 118 Å². The first kappa shape index (κ1) is 12.1. The molecule has 1 unspecified atom stereocenters. The van der Waals surface area contributed by atoms with Crippen molar-refractivity contribution in [2.45, 2.75) is 43.6 Å². The molecule has 2 fully saturated rings. The predicted octanol–water partition coefficient (Wildman–Crippen LogP) is 2.56. The number of hydrogen-bond acceptors (Lipinski definition) is 4. The van der Waals surface area contributed by atoms with Gasteiger partial charge in [-0.05, 0) is 24.8 Å². The quantitative estimate of drug-likeness (QED) is 0.906. The zero-order chi connectivity index (χ0) is 13.6. The van der Waals surface area contributed by atoms with E-state index in [2.05, 4.69) is 45.8 Å². The Hall–Kier alpha value is -1.68. The number of aryl methyl sites for hydroxylation is 1. The molecule has 0 bridgehead atoms. The Bertz CT molecular complexity index is 603. The number of benzene rings is 1. The summed E-state index contributed by atoms with van der Waals surface area (Å²) in [5.74, 6) is 2.23.